The average molecular weight is 409 g/mol. The molecule has 2 aliphatic heterocycles. The predicted molar refractivity (Wildman–Crippen MR) is 109 cm³/mol. The van der Waals surface area contributed by atoms with Crippen molar-refractivity contribution in [1.82, 2.24) is 24.3 Å². The summed E-state index contributed by atoms with van der Waals surface area (Å²) in [4.78, 5) is 23.2. The van der Waals surface area contributed by atoms with Gasteiger partial charge in [0.05, 0.1) is 25.2 Å². The number of imidazole rings is 1. The smallest absolute Gasteiger partial charge is 0.326 e. The average Bonchev–Trinajstić information content (AvgIpc) is 3.40. The van der Waals surface area contributed by atoms with Crippen molar-refractivity contribution in [2.45, 2.75) is 44.9 Å². The number of ether oxygens (including phenoxy) is 1. The molecule has 1 fully saturated rings. The molecular formula is C20H23N7O3. The molecule has 156 valence electrons. The quantitative estimate of drug-likeness (QED) is 0.655. The number of benzene rings is 1. The predicted octanol–water partition coefficient (Wildman–Crippen LogP) is 1.71. The summed E-state index contributed by atoms with van der Waals surface area (Å²) in [6.45, 7) is 3.70. The number of nitrogens with one attached hydrogen (secondary N) is 1. The Morgan fingerprint density at radius 3 is 3.00 bits per heavy atom. The van der Waals surface area contributed by atoms with Gasteiger partial charge in [-0.05, 0) is 31.2 Å². The minimum atomic E-state index is -0.812. The summed E-state index contributed by atoms with van der Waals surface area (Å²) in [5, 5.41) is 17.1. The normalized spacial score (nSPS) is 19.1. The molecule has 0 saturated heterocycles. The molecule has 0 bridgehead atoms. The highest BCUT2D eigenvalue weighted by Gasteiger charge is 2.36. The molecule has 1 atom stereocenters. The van der Waals surface area contributed by atoms with E-state index < -0.39 is 12.0 Å². The second kappa shape index (κ2) is 6.61. The topological polar surface area (TPSA) is 110 Å². The Labute approximate surface area is 172 Å². The lowest BCUT2D eigenvalue weighted by atomic mass is 10.1. The van der Waals surface area contributed by atoms with E-state index in [4.69, 9.17) is 9.72 Å². The molecule has 2 N–H and O–H groups in total. The summed E-state index contributed by atoms with van der Waals surface area (Å²) in [5.41, 5.74) is 2.53. The number of carboxylic acids is 1. The minimum Gasteiger partial charge on any atom is -0.491 e. The van der Waals surface area contributed by atoms with E-state index in [-0.39, 0.29) is 5.92 Å². The second-order valence-electron chi connectivity index (χ2n) is 8.23. The third-order valence-corrected chi connectivity index (χ3v) is 6.14. The Balaban J connectivity index is 1.40. The summed E-state index contributed by atoms with van der Waals surface area (Å²) in [5.74, 6) is 1.97. The Hall–Kier alpha value is -3.30. The van der Waals surface area contributed by atoms with Crippen molar-refractivity contribution in [3.63, 3.8) is 0 Å². The number of hydrogen-bond acceptors (Lipinski definition) is 7. The highest BCUT2D eigenvalue weighted by molar-refractivity contribution is 5.89. The molecule has 10 heteroatoms. The van der Waals surface area contributed by atoms with Gasteiger partial charge in [0.1, 0.15) is 29.5 Å². The number of anilines is 2. The fourth-order valence-electron chi connectivity index (χ4n) is 4.49. The van der Waals surface area contributed by atoms with Gasteiger partial charge in [-0.1, -0.05) is 0 Å². The second-order valence-corrected chi connectivity index (χ2v) is 8.23. The number of carboxylic acid groups (broad SMARTS) is 1. The van der Waals surface area contributed by atoms with E-state index in [1.165, 1.54) is 0 Å². The van der Waals surface area contributed by atoms with Crippen LogP contribution in [0.1, 0.15) is 25.1 Å². The van der Waals surface area contributed by atoms with E-state index in [1.807, 2.05) is 16.8 Å². The number of aryl methyl sites for hydroxylation is 1. The number of aliphatic carboxylic acids is 1. The molecule has 0 amide bonds. The SMILES string of the molecule is O=C(O)[C@@H](Nc1cc2c3c(c1)nc(N1CCn4ncnc4C1)n3CCCO2)C1CC1. The Morgan fingerprint density at radius 2 is 2.17 bits per heavy atom. The molecule has 3 aromatic rings. The zero-order chi connectivity index (χ0) is 20.2. The van der Waals surface area contributed by atoms with Crippen molar-refractivity contribution < 1.29 is 14.6 Å². The van der Waals surface area contributed by atoms with Gasteiger partial charge < -0.3 is 24.6 Å². The van der Waals surface area contributed by atoms with Crippen LogP contribution in [-0.2, 0) is 24.4 Å². The standard InChI is InChI=1S/C20H23N7O3/c28-19(29)17(12-2-3-12)23-13-8-14-18-15(9-13)30-7-1-4-26(18)20(24-14)25-5-6-27-16(10-25)21-11-22-27/h8-9,11-12,17,23H,1-7,10H2,(H,28,29)/t17-/m0/s1. The molecule has 0 radical (unpaired) electrons. The monoisotopic (exact) mass is 409 g/mol. The maximum atomic E-state index is 11.7. The molecule has 0 spiro atoms. The Kier molecular flexibility index (Phi) is 3.87. The van der Waals surface area contributed by atoms with E-state index in [1.54, 1.807) is 6.33 Å². The van der Waals surface area contributed by atoms with Crippen molar-refractivity contribution in [3.05, 3.63) is 24.3 Å². The molecule has 1 saturated carbocycles. The lowest BCUT2D eigenvalue weighted by molar-refractivity contribution is -0.138. The van der Waals surface area contributed by atoms with E-state index >= 15 is 0 Å². The van der Waals surface area contributed by atoms with Crippen molar-refractivity contribution in [2.24, 2.45) is 5.92 Å². The molecule has 10 nitrogen and oxygen atoms in total. The van der Waals surface area contributed by atoms with Crippen LogP contribution in [0.3, 0.4) is 0 Å². The van der Waals surface area contributed by atoms with Crippen LogP contribution in [0.25, 0.3) is 11.0 Å². The van der Waals surface area contributed by atoms with Crippen LogP contribution in [0.5, 0.6) is 5.75 Å². The fourth-order valence-corrected chi connectivity index (χ4v) is 4.49. The first kappa shape index (κ1) is 17.5. The van der Waals surface area contributed by atoms with Crippen LogP contribution < -0.4 is 15.0 Å². The van der Waals surface area contributed by atoms with Crippen LogP contribution in [0, 0.1) is 5.92 Å². The van der Waals surface area contributed by atoms with Gasteiger partial charge in [0.2, 0.25) is 5.95 Å². The first-order valence-electron chi connectivity index (χ1n) is 10.5. The van der Waals surface area contributed by atoms with Gasteiger partial charge in [0.15, 0.2) is 0 Å². The first-order chi connectivity index (χ1) is 14.7. The van der Waals surface area contributed by atoms with Crippen LogP contribution in [0.15, 0.2) is 18.5 Å². The Bertz CT molecular complexity index is 1130. The maximum absolute atomic E-state index is 11.7. The van der Waals surface area contributed by atoms with Crippen molar-refractivity contribution in [1.29, 1.82) is 0 Å². The number of fused-ring (bicyclic) bond motifs is 1. The molecule has 1 aliphatic carbocycles. The van der Waals surface area contributed by atoms with Crippen LogP contribution in [-0.4, -0.2) is 54.6 Å². The maximum Gasteiger partial charge on any atom is 0.326 e. The van der Waals surface area contributed by atoms with E-state index in [0.717, 1.165) is 73.1 Å². The largest absolute Gasteiger partial charge is 0.491 e. The van der Waals surface area contributed by atoms with Gasteiger partial charge in [-0.3, -0.25) is 0 Å². The third-order valence-electron chi connectivity index (χ3n) is 6.14. The summed E-state index contributed by atoms with van der Waals surface area (Å²) in [6.07, 6.45) is 4.39. The van der Waals surface area contributed by atoms with E-state index in [2.05, 4.69) is 24.9 Å². The van der Waals surface area contributed by atoms with Crippen molar-refractivity contribution in [2.75, 3.05) is 23.4 Å². The number of aromatic nitrogens is 5. The zero-order valence-electron chi connectivity index (χ0n) is 16.5. The summed E-state index contributed by atoms with van der Waals surface area (Å²) in [6, 6.07) is 3.29. The molecule has 0 unspecified atom stereocenters. The van der Waals surface area contributed by atoms with Gasteiger partial charge in [0, 0.05) is 24.8 Å². The van der Waals surface area contributed by atoms with Crippen LogP contribution in [0.4, 0.5) is 11.6 Å². The van der Waals surface area contributed by atoms with Gasteiger partial charge in [-0.25, -0.2) is 19.4 Å². The summed E-state index contributed by atoms with van der Waals surface area (Å²) >= 11 is 0. The number of carbonyl (C=O) groups is 1. The molecule has 3 aliphatic rings. The number of nitrogens with zero attached hydrogens (tertiary/aromatic N) is 6. The number of rotatable bonds is 5. The Morgan fingerprint density at radius 1 is 1.27 bits per heavy atom. The van der Waals surface area contributed by atoms with Gasteiger partial charge >= 0.3 is 5.97 Å². The van der Waals surface area contributed by atoms with Crippen LogP contribution in [0.2, 0.25) is 0 Å². The summed E-state index contributed by atoms with van der Waals surface area (Å²) < 4.78 is 10.2. The lowest BCUT2D eigenvalue weighted by Gasteiger charge is -2.28. The third kappa shape index (κ3) is 2.86. The van der Waals surface area contributed by atoms with Crippen molar-refractivity contribution in [3.8, 4) is 5.75 Å². The molecule has 4 heterocycles. The highest BCUT2D eigenvalue weighted by Crippen LogP contribution is 2.38. The molecule has 6 rings (SSSR count). The van der Waals surface area contributed by atoms with Gasteiger partial charge in [-0.2, -0.15) is 5.10 Å². The fraction of sp³-hybridized carbons (Fsp3) is 0.500. The van der Waals surface area contributed by atoms with E-state index in [9.17, 15) is 9.90 Å². The first-order valence-corrected chi connectivity index (χ1v) is 10.5. The van der Waals surface area contributed by atoms with Crippen LogP contribution >= 0.6 is 0 Å². The highest BCUT2D eigenvalue weighted by atomic mass is 16.5. The molecule has 30 heavy (non-hydrogen) atoms. The summed E-state index contributed by atoms with van der Waals surface area (Å²) in [7, 11) is 0. The number of hydrogen-bond donors (Lipinski definition) is 2. The van der Waals surface area contributed by atoms with Crippen molar-refractivity contribution >= 4 is 28.6 Å². The van der Waals surface area contributed by atoms with Gasteiger partial charge in [-0.15, -0.1) is 0 Å². The van der Waals surface area contributed by atoms with Gasteiger partial charge in [0.25, 0.3) is 0 Å². The lowest BCUT2D eigenvalue weighted by Crippen LogP contribution is -2.36. The zero-order valence-corrected chi connectivity index (χ0v) is 16.5. The minimum absolute atomic E-state index is 0.192. The molecular weight excluding hydrogens is 386 g/mol. The van der Waals surface area contributed by atoms with E-state index in [0.29, 0.717) is 13.2 Å². The molecule has 2 aromatic heterocycles. The molecule has 1 aromatic carbocycles.